The van der Waals surface area contributed by atoms with Crippen LogP contribution >= 0.6 is 11.6 Å². The second kappa shape index (κ2) is 8.94. The van der Waals surface area contributed by atoms with Gasteiger partial charge >= 0.3 is 0 Å². The van der Waals surface area contributed by atoms with Crippen molar-refractivity contribution < 1.29 is 19.1 Å². The van der Waals surface area contributed by atoms with Crippen molar-refractivity contribution in [2.45, 2.75) is 6.42 Å². The van der Waals surface area contributed by atoms with E-state index >= 15 is 0 Å². The molecule has 0 bridgehead atoms. The van der Waals surface area contributed by atoms with Crippen LogP contribution in [0.1, 0.15) is 16.8 Å². The summed E-state index contributed by atoms with van der Waals surface area (Å²) in [5.41, 5.74) is 0.931. The molecular weight excluding hydrogens is 344 g/mol. The maximum atomic E-state index is 12.2. The van der Waals surface area contributed by atoms with Gasteiger partial charge in [0.2, 0.25) is 5.91 Å². The number of hydrogen-bond acceptors (Lipinski definition) is 4. The monoisotopic (exact) mass is 362 g/mol. The highest BCUT2D eigenvalue weighted by Crippen LogP contribution is 2.22. The smallest absolute Gasteiger partial charge is 0.251 e. The lowest BCUT2D eigenvalue weighted by atomic mass is 10.2. The van der Waals surface area contributed by atoms with Crippen molar-refractivity contribution in [1.82, 2.24) is 5.32 Å². The lowest BCUT2D eigenvalue weighted by Gasteiger charge is -2.10. The number of anilines is 1. The molecular formula is C18H19ClN2O4. The third kappa shape index (κ3) is 5.39. The van der Waals surface area contributed by atoms with Crippen LogP contribution in [0.3, 0.4) is 0 Å². The van der Waals surface area contributed by atoms with Gasteiger partial charge in [-0.05, 0) is 24.3 Å². The summed E-state index contributed by atoms with van der Waals surface area (Å²) in [5, 5.41) is 5.85. The second-order valence-electron chi connectivity index (χ2n) is 5.14. The lowest BCUT2D eigenvalue weighted by molar-refractivity contribution is -0.116. The topological polar surface area (TPSA) is 76.7 Å². The van der Waals surface area contributed by atoms with E-state index in [0.29, 0.717) is 27.8 Å². The molecule has 2 aromatic carbocycles. The van der Waals surface area contributed by atoms with Crippen molar-refractivity contribution >= 4 is 29.1 Å². The van der Waals surface area contributed by atoms with E-state index < -0.39 is 0 Å². The van der Waals surface area contributed by atoms with Gasteiger partial charge in [0.1, 0.15) is 11.5 Å². The van der Waals surface area contributed by atoms with Gasteiger partial charge in [-0.25, -0.2) is 0 Å². The Balaban J connectivity index is 1.88. The van der Waals surface area contributed by atoms with Crippen LogP contribution in [-0.4, -0.2) is 32.6 Å². The number of hydrogen-bond donors (Lipinski definition) is 2. The number of benzene rings is 2. The third-order valence-corrected chi connectivity index (χ3v) is 3.73. The summed E-state index contributed by atoms with van der Waals surface area (Å²) >= 11 is 5.98. The zero-order chi connectivity index (χ0) is 18.2. The van der Waals surface area contributed by atoms with Crippen LogP contribution in [0.15, 0.2) is 42.5 Å². The van der Waals surface area contributed by atoms with E-state index in [1.807, 2.05) is 0 Å². The Morgan fingerprint density at radius 3 is 2.28 bits per heavy atom. The molecule has 0 fully saturated rings. The van der Waals surface area contributed by atoms with E-state index in [4.69, 9.17) is 21.1 Å². The first kappa shape index (κ1) is 18.6. The predicted octanol–water partition coefficient (Wildman–Crippen LogP) is 3.12. The minimum atomic E-state index is -0.317. The number of carbonyl (C=O) groups excluding carboxylic acids is 2. The van der Waals surface area contributed by atoms with Crippen LogP contribution in [0.25, 0.3) is 0 Å². The summed E-state index contributed by atoms with van der Waals surface area (Å²) < 4.78 is 10.3. The molecule has 0 spiro atoms. The number of carbonyl (C=O) groups is 2. The zero-order valence-corrected chi connectivity index (χ0v) is 14.7. The maximum Gasteiger partial charge on any atom is 0.251 e. The number of nitrogens with one attached hydrogen (secondary N) is 2. The van der Waals surface area contributed by atoms with E-state index in [0.717, 1.165) is 0 Å². The Labute approximate surface area is 151 Å². The Morgan fingerprint density at radius 2 is 1.68 bits per heavy atom. The van der Waals surface area contributed by atoms with Crippen molar-refractivity contribution in [3.8, 4) is 11.5 Å². The summed E-state index contributed by atoms with van der Waals surface area (Å²) in [7, 11) is 3.02. The Kier molecular flexibility index (Phi) is 6.65. The van der Waals surface area contributed by atoms with Crippen LogP contribution in [0.2, 0.25) is 5.02 Å². The molecule has 2 amide bonds. The van der Waals surface area contributed by atoms with Crippen LogP contribution in [-0.2, 0) is 4.79 Å². The van der Waals surface area contributed by atoms with Gasteiger partial charge < -0.3 is 20.1 Å². The fraction of sp³-hybridized carbons (Fsp3) is 0.222. The lowest BCUT2D eigenvalue weighted by Crippen LogP contribution is -2.27. The van der Waals surface area contributed by atoms with Gasteiger partial charge in [0.25, 0.3) is 5.91 Å². The largest absolute Gasteiger partial charge is 0.497 e. The van der Waals surface area contributed by atoms with E-state index in [9.17, 15) is 9.59 Å². The molecule has 2 N–H and O–H groups in total. The first-order valence-corrected chi connectivity index (χ1v) is 7.97. The fourth-order valence-corrected chi connectivity index (χ4v) is 2.29. The number of rotatable bonds is 7. The highest BCUT2D eigenvalue weighted by molar-refractivity contribution is 6.33. The van der Waals surface area contributed by atoms with Gasteiger partial charge in [-0.15, -0.1) is 0 Å². The number of amides is 2. The Bertz CT molecular complexity index is 742. The van der Waals surface area contributed by atoms with E-state index in [2.05, 4.69) is 10.6 Å². The van der Waals surface area contributed by atoms with E-state index in [1.165, 1.54) is 14.2 Å². The van der Waals surface area contributed by atoms with E-state index in [-0.39, 0.29) is 24.8 Å². The fourth-order valence-electron chi connectivity index (χ4n) is 2.11. The molecule has 7 heteroatoms. The molecule has 25 heavy (non-hydrogen) atoms. The molecule has 0 heterocycles. The molecule has 0 saturated carbocycles. The molecule has 0 aliphatic rings. The standard InChI is InChI=1S/C18H19ClN2O4/c1-24-13-9-12(10-14(11-13)25-2)18(23)20-8-7-17(22)21-16-6-4-3-5-15(16)19/h3-6,9-11H,7-8H2,1-2H3,(H,20,23)(H,21,22). The van der Waals surface area contributed by atoms with Crippen molar-refractivity contribution in [2.75, 3.05) is 26.1 Å². The second-order valence-corrected chi connectivity index (χ2v) is 5.54. The first-order chi connectivity index (χ1) is 12.0. The summed E-state index contributed by atoms with van der Waals surface area (Å²) in [5.74, 6) is 0.473. The number of halogens is 1. The number of methoxy groups -OCH3 is 2. The van der Waals surface area contributed by atoms with Crippen LogP contribution in [0, 0.1) is 0 Å². The normalized spacial score (nSPS) is 10.0. The Morgan fingerprint density at radius 1 is 1.04 bits per heavy atom. The van der Waals surface area contributed by atoms with Gasteiger partial charge in [0.15, 0.2) is 0 Å². The molecule has 0 saturated heterocycles. The zero-order valence-electron chi connectivity index (χ0n) is 14.0. The summed E-state index contributed by atoms with van der Waals surface area (Å²) in [4.78, 5) is 24.1. The quantitative estimate of drug-likeness (QED) is 0.793. The van der Waals surface area contributed by atoms with Crippen LogP contribution in [0.4, 0.5) is 5.69 Å². The molecule has 0 aromatic heterocycles. The Hall–Kier alpha value is -2.73. The summed E-state index contributed by atoms with van der Waals surface area (Å²) in [6.45, 7) is 0.189. The highest BCUT2D eigenvalue weighted by Gasteiger charge is 2.11. The molecule has 6 nitrogen and oxygen atoms in total. The third-order valence-electron chi connectivity index (χ3n) is 3.40. The van der Waals surface area contributed by atoms with Crippen molar-refractivity contribution in [2.24, 2.45) is 0 Å². The molecule has 0 atom stereocenters. The van der Waals surface area contributed by atoms with Crippen molar-refractivity contribution in [3.63, 3.8) is 0 Å². The SMILES string of the molecule is COc1cc(OC)cc(C(=O)NCCC(=O)Nc2ccccc2Cl)c1. The minimum absolute atomic E-state index is 0.123. The van der Waals surface area contributed by atoms with Crippen molar-refractivity contribution in [3.05, 3.63) is 53.1 Å². The van der Waals surface area contributed by atoms with Gasteiger partial charge in [0, 0.05) is 24.6 Å². The number of ether oxygens (including phenoxy) is 2. The number of para-hydroxylation sites is 1. The highest BCUT2D eigenvalue weighted by atomic mass is 35.5. The van der Waals surface area contributed by atoms with Gasteiger partial charge in [-0.3, -0.25) is 9.59 Å². The van der Waals surface area contributed by atoms with E-state index in [1.54, 1.807) is 42.5 Å². The van der Waals surface area contributed by atoms with Crippen LogP contribution < -0.4 is 20.1 Å². The first-order valence-electron chi connectivity index (χ1n) is 7.59. The maximum absolute atomic E-state index is 12.2. The summed E-state index contributed by atoms with van der Waals surface area (Å²) in [6, 6.07) is 11.8. The van der Waals surface area contributed by atoms with Crippen LogP contribution in [0.5, 0.6) is 11.5 Å². The average Bonchev–Trinajstić information content (AvgIpc) is 2.63. The van der Waals surface area contributed by atoms with Gasteiger partial charge in [-0.2, -0.15) is 0 Å². The molecule has 132 valence electrons. The van der Waals surface area contributed by atoms with Gasteiger partial charge in [0.05, 0.1) is 24.9 Å². The minimum Gasteiger partial charge on any atom is -0.497 e. The molecule has 0 aliphatic heterocycles. The molecule has 0 unspecified atom stereocenters. The molecule has 2 rings (SSSR count). The molecule has 0 radical (unpaired) electrons. The van der Waals surface area contributed by atoms with Gasteiger partial charge in [-0.1, -0.05) is 23.7 Å². The average molecular weight is 363 g/mol. The predicted molar refractivity (Wildman–Crippen MR) is 96.6 cm³/mol. The molecule has 0 aliphatic carbocycles. The summed E-state index contributed by atoms with van der Waals surface area (Å²) in [6.07, 6.45) is 0.123. The van der Waals surface area contributed by atoms with Crippen molar-refractivity contribution in [1.29, 1.82) is 0 Å². The molecule has 2 aromatic rings.